The third kappa shape index (κ3) is 1.65. The Bertz CT molecular complexity index is 230. The second kappa shape index (κ2) is 3.10. The maximum absolute atomic E-state index is 11.0. The first-order chi connectivity index (χ1) is 6.09. The molecule has 2 heterocycles. The van der Waals surface area contributed by atoms with Crippen molar-refractivity contribution in [3.63, 3.8) is 0 Å². The van der Waals surface area contributed by atoms with E-state index in [1.807, 2.05) is 0 Å². The van der Waals surface area contributed by atoms with Crippen molar-refractivity contribution in [3.8, 4) is 0 Å². The van der Waals surface area contributed by atoms with Crippen LogP contribution in [0.3, 0.4) is 0 Å². The number of carbonyl (C=O) groups is 1. The number of hydrogen-bond acceptors (Lipinski definition) is 3. The predicted octanol–water partition coefficient (Wildman–Crippen LogP) is 1.56. The van der Waals surface area contributed by atoms with Gasteiger partial charge in [0.2, 0.25) is 0 Å². The number of cyclic esters (lactones) is 1. The van der Waals surface area contributed by atoms with E-state index in [4.69, 9.17) is 4.74 Å². The highest BCUT2D eigenvalue weighted by Gasteiger charge is 2.42. The molecule has 74 valence electrons. The fourth-order valence-electron chi connectivity index (χ4n) is 2.39. The summed E-state index contributed by atoms with van der Waals surface area (Å²) in [6.07, 6.45) is 2.94. The van der Waals surface area contributed by atoms with E-state index in [1.54, 1.807) is 0 Å². The highest BCUT2D eigenvalue weighted by atomic mass is 28.3. The molecule has 2 fully saturated rings. The molecule has 0 bridgehead atoms. The second-order valence-corrected chi connectivity index (χ2v) is 9.29. The molecule has 1 unspecified atom stereocenters. The lowest BCUT2D eigenvalue weighted by Gasteiger charge is -2.33. The van der Waals surface area contributed by atoms with Crippen molar-refractivity contribution in [2.75, 3.05) is 6.54 Å². The van der Waals surface area contributed by atoms with Crippen molar-refractivity contribution in [2.24, 2.45) is 0 Å². The van der Waals surface area contributed by atoms with Gasteiger partial charge in [-0.15, -0.1) is 0 Å². The van der Waals surface area contributed by atoms with Crippen LogP contribution in [0.25, 0.3) is 0 Å². The fraction of sp³-hybridized carbons (Fsp3) is 0.889. The Morgan fingerprint density at radius 3 is 2.77 bits per heavy atom. The van der Waals surface area contributed by atoms with Crippen LogP contribution in [0.15, 0.2) is 0 Å². The third-order valence-corrected chi connectivity index (χ3v) is 6.82. The zero-order valence-corrected chi connectivity index (χ0v) is 9.38. The molecule has 2 rings (SSSR count). The molecule has 0 amide bonds. The summed E-state index contributed by atoms with van der Waals surface area (Å²) >= 11 is 0. The lowest BCUT2D eigenvalue weighted by Crippen LogP contribution is -2.49. The first kappa shape index (κ1) is 9.21. The lowest BCUT2D eigenvalue weighted by atomic mass is 10.3. The van der Waals surface area contributed by atoms with Gasteiger partial charge < -0.3 is 4.74 Å². The van der Waals surface area contributed by atoms with Crippen molar-refractivity contribution in [3.05, 3.63) is 0 Å². The molecular weight excluding hydrogens is 182 g/mol. The Kier molecular flexibility index (Phi) is 2.19. The summed E-state index contributed by atoms with van der Waals surface area (Å²) in [7, 11) is -1.21. The molecule has 0 aromatic carbocycles. The molecule has 1 atom stereocenters. The number of esters is 1. The minimum Gasteiger partial charge on any atom is -0.447 e. The van der Waals surface area contributed by atoms with Crippen molar-refractivity contribution >= 4 is 14.2 Å². The fourth-order valence-corrected chi connectivity index (χ4v) is 5.43. The van der Waals surface area contributed by atoms with Crippen molar-refractivity contribution in [1.82, 2.24) is 4.57 Å². The van der Waals surface area contributed by atoms with E-state index in [-0.39, 0.29) is 12.2 Å². The van der Waals surface area contributed by atoms with E-state index in [0.717, 1.165) is 13.0 Å². The van der Waals surface area contributed by atoms with Gasteiger partial charge in [-0.05, 0) is 19.0 Å². The maximum Gasteiger partial charge on any atom is 0.307 e. The summed E-state index contributed by atoms with van der Waals surface area (Å²) in [6, 6.07) is 1.35. The molecule has 4 heteroatoms. The molecule has 13 heavy (non-hydrogen) atoms. The Morgan fingerprint density at radius 2 is 2.31 bits per heavy atom. The summed E-state index contributed by atoms with van der Waals surface area (Å²) in [5.74, 6) is -0.0123. The minimum atomic E-state index is -1.21. The maximum atomic E-state index is 11.0. The van der Waals surface area contributed by atoms with Crippen molar-refractivity contribution in [2.45, 2.75) is 44.6 Å². The zero-order chi connectivity index (χ0) is 9.47. The summed E-state index contributed by atoms with van der Waals surface area (Å²) < 4.78 is 7.77. The molecular formula is C9H17NO2Si. The Hall–Kier alpha value is -0.353. The van der Waals surface area contributed by atoms with Crippen molar-refractivity contribution in [1.29, 1.82) is 0 Å². The third-order valence-electron chi connectivity index (χ3n) is 3.18. The number of hydrogen-bond donors (Lipinski definition) is 0. The van der Waals surface area contributed by atoms with Crippen LogP contribution < -0.4 is 0 Å². The highest BCUT2D eigenvalue weighted by Crippen LogP contribution is 2.31. The van der Waals surface area contributed by atoms with E-state index >= 15 is 0 Å². The van der Waals surface area contributed by atoms with Crippen LogP contribution in [0.5, 0.6) is 0 Å². The molecule has 2 saturated heterocycles. The summed E-state index contributed by atoms with van der Waals surface area (Å²) in [5.41, 5.74) is 0. The van der Waals surface area contributed by atoms with Gasteiger partial charge in [-0.25, -0.2) is 0 Å². The van der Waals surface area contributed by atoms with Gasteiger partial charge in [-0.1, -0.05) is 13.1 Å². The molecule has 0 aromatic heterocycles. The Labute approximate surface area is 80.1 Å². The molecule has 0 aliphatic carbocycles. The lowest BCUT2D eigenvalue weighted by molar-refractivity contribution is -0.145. The Morgan fingerprint density at radius 1 is 1.54 bits per heavy atom. The van der Waals surface area contributed by atoms with E-state index in [0.29, 0.717) is 6.42 Å². The number of carbonyl (C=O) groups excluding carboxylic acids is 1. The van der Waals surface area contributed by atoms with E-state index < -0.39 is 8.24 Å². The van der Waals surface area contributed by atoms with Crippen LogP contribution in [-0.4, -0.2) is 31.5 Å². The van der Waals surface area contributed by atoms with E-state index in [2.05, 4.69) is 17.7 Å². The van der Waals surface area contributed by atoms with E-state index in [1.165, 1.54) is 12.5 Å². The monoisotopic (exact) mass is 199 g/mol. The van der Waals surface area contributed by atoms with Crippen LogP contribution in [0.4, 0.5) is 0 Å². The highest BCUT2D eigenvalue weighted by molar-refractivity contribution is 6.75. The summed E-state index contributed by atoms with van der Waals surface area (Å²) in [5, 5.41) is 0. The standard InChI is InChI=1S/C9H17NO2Si/c1-13(2)7-3-6-10(13)8-4-5-9(11)12-8/h8H,3-7H2,1-2H3. The van der Waals surface area contributed by atoms with Gasteiger partial charge in [0, 0.05) is 6.42 Å². The van der Waals surface area contributed by atoms with Crippen molar-refractivity contribution < 1.29 is 9.53 Å². The normalized spacial score (nSPS) is 33.7. The number of rotatable bonds is 1. The van der Waals surface area contributed by atoms with Gasteiger partial charge in [0.25, 0.3) is 0 Å². The van der Waals surface area contributed by atoms with Gasteiger partial charge in [0.1, 0.15) is 8.24 Å². The first-order valence-corrected chi connectivity index (χ1v) is 8.21. The predicted molar refractivity (Wildman–Crippen MR) is 52.7 cm³/mol. The van der Waals surface area contributed by atoms with Crippen LogP contribution in [-0.2, 0) is 9.53 Å². The Balaban J connectivity index is 2.04. The average molecular weight is 199 g/mol. The zero-order valence-electron chi connectivity index (χ0n) is 8.38. The van der Waals surface area contributed by atoms with Crippen LogP contribution in [0, 0.1) is 0 Å². The number of ether oxygens (including phenoxy) is 1. The summed E-state index contributed by atoms with van der Waals surface area (Å²) in [4.78, 5) is 11.0. The largest absolute Gasteiger partial charge is 0.447 e. The SMILES string of the molecule is C[Si]1(C)CCCN1C1CCC(=O)O1. The molecule has 3 nitrogen and oxygen atoms in total. The first-order valence-electron chi connectivity index (χ1n) is 5.06. The topological polar surface area (TPSA) is 29.5 Å². The van der Waals surface area contributed by atoms with Gasteiger partial charge >= 0.3 is 5.97 Å². The van der Waals surface area contributed by atoms with Gasteiger partial charge in [0.15, 0.2) is 6.23 Å². The molecule has 0 N–H and O–H groups in total. The molecule has 2 aliphatic heterocycles. The van der Waals surface area contributed by atoms with Crippen LogP contribution >= 0.6 is 0 Å². The van der Waals surface area contributed by atoms with E-state index in [9.17, 15) is 4.79 Å². The number of nitrogens with zero attached hydrogens (tertiary/aromatic N) is 1. The van der Waals surface area contributed by atoms with Gasteiger partial charge in [-0.3, -0.25) is 9.36 Å². The van der Waals surface area contributed by atoms with Gasteiger partial charge in [-0.2, -0.15) is 0 Å². The molecule has 0 radical (unpaired) electrons. The minimum absolute atomic E-state index is 0.0123. The quantitative estimate of drug-likeness (QED) is 0.474. The van der Waals surface area contributed by atoms with Gasteiger partial charge in [0.05, 0.1) is 6.42 Å². The molecule has 0 aromatic rings. The summed E-state index contributed by atoms with van der Waals surface area (Å²) in [6.45, 7) is 5.87. The average Bonchev–Trinajstić information content (AvgIpc) is 2.56. The van der Waals surface area contributed by atoms with Crippen LogP contribution in [0.1, 0.15) is 19.3 Å². The smallest absolute Gasteiger partial charge is 0.307 e. The van der Waals surface area contributed by atoms with Crippen LogP contribution in [0.2, 0.25) is 19.1 Å². The molecule has 0 spiro atoms. The second-order valence-electron chi connectivity index (χ2n) is 4.59. The molecule has 0 saturated carbocycles. The molecule has 2 aliphatic rings.